The molecule has 1 aromatic carbocycles. The van der Waals surface area contributed by atoms with Gasteiger partial charge in [-0.3, -0.25) is 4.79 Å². The SMILES string of the molecule is O=C(Nc1ccc2ccccc2n1)C1CCCCN1. The summed E-state index contributed by atoms with van der Waals surface area (Å²) >= 11 is 0. The van der Waals surface area contributed by atoms with Crippen LogP contribution in [0.5, 0.6) is 0 Å². The van der Waals surface area contributed by atoms with Crippen molar-refractivity contribution < 1.29 is 4.79 Å². The first-order valence-electron chi connectivity index (χ1n) is 6.73. The largest absolute Gasteiger partial charge is 0.309 e. The number of pyridine rings is 1. The molecule has 1 amide bonds. The Morgan fingerprint density at radius 2 is 2.11 bits per heavy atom. The fourth-order valence-electron chi connectivity index (χ4n) is 2.42. The van der Waals surface area contributed by atoms with Gasteiger partial charge in [-0.25, -0.2) is 4.98 Å². The number of hydrogen-bond acceptors (Lipinski definition) is 3. The molecule has 4 heteroatoms. The minimum absolute atomic E-state index is 0.0162. The Morgan fingerprint density at radius 3 is 2.95 bits per heavy atom. The summed E-state index contributed by atoms with van der Waals surface area (Å²) in [7, 11) is 0. The zero-order chi connectivity index (χ0) is 13.1. The van der Waals surface area contributed by atoms with Crippen LogP contribution in [0, 0.1) is 0 Å². The second-order valence-corrected chi connectivity index (χ2v) is 4.88. The Bertz CT molecular complexity index is 591. The molecule has 19 heavy (non-hydrogen) atoms. The van der Waals surface area contributed by atoms with Crippen LogP contribution < -0.4 is 10.6 Å². The molecule has 98 valence electrons. The van der Waals surface area contributed by atoms with Crippen LogP contribution in [0.2, 0.25) is 0 Å². The number of nitrogens with zero attached hydrogens (tertiary/aromatic N) is 1. The smallest absolute Gasteiger partial charge is 0.242 e. The molecule has 1 aromatic heterocycles. The van der Waals surface area contributed by atoms with E-state index in [2.05, 4.69) is 15.6 Å². The fourth-order valence-corrected chi connectivity index (χ4v) is 2.42. The lowest BCUT2D eigenvalue weighted by Gasteiger charge is -2.22. The number of rotatable bonds is 2. The first kappa shape index (κ1) is 12.1. The molecule has 0 bridgehead atoms. The number of carbonyl (C=O) groups is 1. The Morgan fingerprint density at radius 1 is 1.21 bits per heavy atom. The summed E-state index contributed by atoms with van der Waals surface area (Å²) in [5.41, 5.74) is 0.900. The summed E-state index contributed by atoms with van der Waals surface area (Å²) in [6.07, 6.45) is 3.16. The van der Waals surface area contributed by atoms with E-state index in [4.69, 9.17) is 0 Å². The minimum Gasteiger partial charge on any atom is -0.309 e. The van der Waals surface area contributed by atoms with E-state index in [1.807, 2.05) is 36.4 Å². The third kappa shape index (κ3) is 2.74. The van der Waals surface area contributed by atoms with Crippen LogP contribution in [0.3, 0.4) is 0 Å². The minimum atomic E-state index is -0.0815. The third-order valence-electron chi connectivity index (χ3n) is 3.48. The molecule has 1 fully saturated rings. The van der Waals surface area contributed by atoms with Gasteiger partial charge in [0.05, 0.1) is 11.6 Å². The van der Waals surface area contributed by atoms with Crippen LogP contribution >= 0.6 is 0 Å². The Hall–Kier alpha value is -1.94. The predicted molar refractivity (Wildman–Crippen MR) is 76.0 cm³/mol. The van der Waals surface area contributed by atoms with Crippen LogP contribution in [0.1, 0.15) is 19.3 Å². The van der Waals surface area contributed by atoms with Crippen LogP contribution in [-0.2, 0) is 4.79 Å². The van der Waals surface area contributed by atoms with Crippen LogP contribution in [0.15, 0.2) is 36.4 Å². The molecule has 2 N–H and O–H groups in total. The van der Waals surface area contributed by atoms with Crippen LogP contribution in [0.25, 0.3) is 10.9 Å². The maximum Gasteiger partial charge on any atom is 0.242 e. The summed E-state index contributed by atoms with van der Waals surface area (Å²) in [5.74, 6) is 0.638. The molecule has 1 saturated heterocycles. The monoisotopic (exact) mass is 255 g/mol. The van der Waals surface area contributed by atoms with E-state index in [0.717, 1.165) is 36.7 Å². The van der Waals surface area contributed by atoms with Crippen LogP contribution in [0.4, 0.5) is 5.82 Å². The standard InChI is InChI=1S/C15H17N3O/c19-15(13-7-3-4-10-16-13)18-14-9-8-11-5-1-2-6-12(11)17-14/h1-2,5-6,8-9,13,16H,3-4,7,10H2,(H,17,18,19). The molecule has 0 aliphatic carbocycles. The van der Waals surface area contributed by atoms with E-state index in [1.165, 1.54) is 0 Å². The van der Waals surface area contributed by atoms with Gasteiger partial charge in [-0.15, -0.1) is 0 Å². The lowest BCUT2D eigenvalue weighted by molar-refractivity contribution is -0.118. The highest BCUT2D eigenvalue weighted by Crippen LogP contribution is 2.15. The first-order chi connectivity index (χ1) is 9.33. The van der Waals surface area contributed by atoms with E-state index < -0.39 is 0 Å². The van der Waals surface area contributed by atoms with Gasteiger partial charge in [0.25, 0.3) is 0 Å². The van der Waals surface area contributed by atoms with Crippen molar-refractivity contribution in [1.29, 1.82) is 0 Å². The van der Waals surface area contributed by atoms with Gasteiger partial charge in [-0.1, -0.05) is 24.6 Å². The van der Waals surface area contributed by atoms with Gasteiger partial charge in [-0.2, -0.15) is 0 Å². The average molecular weight is 255 g/mol. The highest BCUT2D eigenvalue weighted by Gasteiger charge is 2.20. The lowest BCUT2D eigenvalue weighted by atomic mass is 10.0. The topological polar surface area (TPSA) is 54.0 Å². The molecule has 2 aromatic rings. The molecular formula is C15H17N3O. The quantitative estimate of drug-likeness (QED) is 0.866. The van der Waals surface area contributed by atoms with E-state index in [-0.39, 0.29) is 11.9 Å². The number of carbonyl (C=O) groups excluding carboxylic acids is 1. The number of piperidine rings is 1. The van der Waals surface area contributed by atoms with Crippen LogP contribution in [-0.4, -0.2) is 23.5 Å². The van der Waals surface area contributed by atoms with E-state index in [9.17, 15) is 4.79 Å². The summed E-state index contributed by atoms with van der Waals surface area (Å²) in [5, 5.41) is 7.21. The second-order valence-electron chi connectivity index (χ2n) is 4.88. The van der Waals surface area contributed by atoms with Gasteiger partial charge in [0, 0.05) is 5.39 Å². The summed E-state index contributed by atoms with van der Waals surface area (Å²) < 4.78 is 0. The molecule has 0 spiro atoms. The molecule has 1 aliphatic heterocycles. The van der Waals surface area contributed by atoms with E-state index in [1.54, 1.807) is 0 Å². The van der Waals surface area contributed by atoms with Gasteiger partial charge < -0.3 is 10.6 Å². The molecule has 2 heterocycles. The molecule has 4 nitrogen and oxygen atoms in total. The molecule has 0 radical (unpaired) electrons. The molecule has 1 atom stereocenters. The number of nitrogens with one attached hydrogen (secondary N) is 2. The lowest BCUT2D eigenvalue weighted by Crippen LogP contribution is -2.43. The van der Waals surface area contributed by atoms with Gasteiger partial charge in [0.1, 0.15) is 5.82 Å². The summed E-state index contributed by atoms with van der Waals surface area (Å²) in [6.45, 7) is 0.920. The highest BCUT2D eigenvalue weighted by atomic mass is 16.2. The van der Waals surface area contributed by atoms with Gasteiger partial charge in [0.15, 0.2) is 0 Å². The Kier molecular flexibility index (Phi) is 3.42. The van der Waals surface area contributed by atoms with Crippen molar-refractivity contribution in [2.24, 2.45) is 0 Å². The predicted octanol–water partition coefficient (Wildman–Crippen LogP) is 2.32. The first-order valence-corrected chi connectivity index (χ1v) is 6.73. The summed E-state index contributed by atoms with van der Waals surface area (Å²) in [4.78, 5) is 16.5. The molecule has 1 aliphatic rings. The molecule has 0 saturated carbocycles. The number of aromatic nitrogens is 1. The number of anilines is 1. The average Bonchev–Trinajstić information content (AvgIpc) is 2.48. The van der Waals surface area contributed by atoms with Crippen molar-refractivity contribution in [1.82, 2.24) is 10.3 Å². The van der Waals surface area contributed by atoms with Crippen molar-refractivity contribution in [2.45, 2.75) is 25.3 Å². The third-order valence-corrected chi connectivity index (χ3v) is 3.48. The Labute approximate surface area is 112 Å². The normalized spacial score (nSPS) is 19.3. The van der Waals surface area contributed by atoms with E-state index in [0.29, 0.717) is 5.82 Å². The van der Waals surface area contributed by atoms with Crippen molar-refractivity contribution in [3.8, 4) is 0 Å². The number of amides is 1. The zero-order valence-corrected chi connectivity index (χ0v) is 10.7. The van der Waals surface area contributed by atoms with Crippen molar-refractivity contribution >= 4 is 22.6 Å². The molecular weight excluding hydrogens is 238 g/mol. The number of para-hydroxylation sites is 1. The van der Waals surface area contributed by atoms with Gasteiger partial charge >= 0.3 is 0 Å². The fraction of sp³-hybridized carbons (Fsp3) is 0.333. The molecule has 1 unspecified atom stereocenters. The van der Waals surface area contributed by atoms with Crippen molar-refractivity contribution in [3.63, 3.8) is 0 Å². The number of fused-ring (bicyclic) bond motifs is 1. The van der Waals surface area contributed by atoms with Crippen molar-refractivity contribution in [3.05, 3.63) is 36.4 Å². The second kappa shape index (κ2) is 5.36. The number of benzene rings is 1. The maximum absolute atomic E-state index is 12.1. The van der Waals surface area contributed by atoms with E-state index >= 15 is 0 Å². The van der Waals surface area contributed by atoms with Gasteiger partial charge in [0.2, 0.25) is 5.91 Å². The maximum atomic E-state index is 12.1. The van der Waals surface area contributed by atoms with Gasteiger partial charge in [-0.05, 0) is 37.6 Å². The summed E-state index contributed by atoms with van der Waals surface area (Å²) in [6, 6.07) is 11.6. The Balaban J connectivity index is 1.75. The highest BCUT2D eigenvalue weighted by molar-refractivity contribution is 5.95. The zero-order valence-electron chi connectivity index (χ0n) is 10.7. The molecule has 3 rings (SSSR count). The number of hydrogen-bond donors (Lipinski definition) is 2. The van der Waals surface area contributed by atoms with Crippen molar-refractivity contribution in [2.75, 3.05) is 11.9 Å².